The van der Waals surface area contributed by atoms with Crippen molar-refractivity contribution in [3.63, 3.8) is 0 Å². The molecule has 0 radical (unpaired) electrons. The van der Waals surface area contributed by atoms with Gasteiger partial charge in [-0.3, -0.25) is 25.0 Å². The number of aromatic nitrogens is 2. The van der Waals surface area contributed by atoms with Crippen molar-refractivity contribution in [2.75, 3.05) is 13.1 Å². The molecule has 4 rings (SSSR count). The van der Waals surface area contributed by atoms with E-state index in [1.54, 1.807) is 24.3 Å². The highest BCUT2D eigenvalue weighted by molar-refractivity contribution is 5.77. The number of aromatic amines is 1. The van der Waals surface area contributed by atoms with Gasteiger partial charge < -0.3 is 9.88 Å². The Morgan fingerprint density at radius 1 is 1.07 bits per heavy atom. The van der Waals surface area contributed by atoms with Crippen molar-refractivity contribution in [2.24, 2.45) is 5.92 Å². The van der Waals surface area contributed by atoms with Gasteiger partial charge in [0.2, 0.25) is 5.91 Å². The monoisotopic (exact) mass is 399 g/mol. The number of rotatable bonds is 4. The molecule has 2 atom stereocenters. The molecule has 29 heavy (non-hydrogen) atoms. The van der Waals surface area contributed by atoms with E-state index in [9.17, 15) is 14.4 Å². The molecule has 1 aromatic carbocycles. The van der Waals surface area contributed by atoms with Crippen LogP contribution in [0, 0.1) is 5.92 Å². The Kier molecular flexibility index (Phi) is 5.56. The molecular formula is C21H29N5O3. The average Bonchev–Trinajstić information content (AvgIpc) is 3.04. The van der Waals surface area contributed by atoms with Crippen LogP contribution in [0.4, 0.5) is 0 Å². The van der Waals surface area contributed by atoms with E-state index in [2.05, 4.69) is 29.7 Å². The van der Waals surface area contributed by atoms with Crippen LogP contribution in [0.15, 0.2) is 33.9 Å². The second-order valence-electron chi connectivity index (χ2n) is 8.33. The van der Waals surface area contributed by atoms with Gasteiger partial charge in [-0.25, -0.2) is 4.79 Å². The summed E-state index contributed by atoms with van der Waals surface area (Å²) in [6.45, 7) is 5.43. The molecule has 2 fully saturated rings. The summed E-state index contributed by atoms with van der Waals surface area (Å²) in [6.07, 6.45) is 2.62. The van der Waals surface area contributed by atoms with E-state index >= 15 is 0 Å². The van der Waals surface area contributed by atoms with E-state index in [4.69, 9.17) is 0 Å². The number of fused-ring (bicyclic) bond motifs is 1. The molecule has 1 aromatic heterocycles. The lowest BCUT2D eigenvalue weighted by atomic mass is 9.91. The van der Waals surface area contributed by atoms with Crippen LogP contribution >= 0.6 is 0 Å². The van der Waals surface area contributed by atoms with Gasteiger partial charge in [-0.15, -0.1) is 0 Å². The van der Waals surface area contributed by atoms with E-state index in [0.29, 0.717) is 61.3 Å². The summed E-state index contributed by atoms with van der Waals surface area (Å²) in [4.78, 5) is 42.7. The lowest BCUT2D eigenvalue weighted by Gasteiger charge is -2.33. The van der Waals surface area contributed by atoms with Crippen LogP contribution in [0.25, 0.3) is 10.9 Å². The first-order valence-electron chi connectivity index (χ1n) is 10.5. The summed E-state index contributed by atoms with van der Waals surface area (Å²) in [7, 11) is 0. The summed E-state index contributed by atoms with van der Waals surface area (Å²) < 4.78 is 1.34. The number of carbonyl (C=O) groups excluding carboxylic acids is 1. The lowest BCUT2D eigenvalue weighted by Crippen LogP contribution is -2.45. The van der Waals surface area contributed by atoms with Crippen molar-refractivity contribution in [1.82, 2.24) is 25.3 Å². The molecule has 2 aromatic rings. The summed E-state index contributed by atoms with van der Waals surface area (Å²) >= 11 is 0. The smallest absolute Gasteiger partial charge is 0.329 e. The van der Waals surface area contributed by atoms with Crippen molar-refractivity contribution in [3.8, 4) is 0 Å². The van der Waals surface area contributed by atoms with Gasteiger partial charge in [0.25, 0.3) is 5.56 Å². The SMILES string of the molecule is CC1NNC(C)C1CCC(=O)N1CCC(n2c(=O)[nH]c3ccccc3c2=O)CC1. The van der Waals surface area contributed by atoms with E-state index in [0.717, 1.165) is 6.42 Å². The molecule has 2 saturated heterocycles. The largest absolute Gasteiger partial charge is 0.343 e. The van der Waals surface area contributed by atoms with Gasteiger partial charge in [0.05, 0.1) is 10.9 Å². The van der Waals surface area contributed by atoms with Crippen LogP contribution in [0.2, 0.25) is 0 Å². The molecule has 1 amide bonds. The molecular weight excluding hydrogens is 370 g/mol. The van der Waals surface area contributed by atoms with Gasteiger partial charge in [-0.2, -0.15) is 0 Å². The highest BCUT2D eigenvalue weighted by Gasteiger charge is 2.31. The number of nitrogens with one attached hydrogen (secondary N) is 3. The zero-order valence-corrected chi connectivity index (χ0v) is 17.0. The highest BCUT2D eigenvalue weighted by atomic mass is 16.2. The minimum absolute atomic E-state index is 0.162. The lowest BCUT2D eigenvalue weighted by molar-refractivity contribution is -0.132. The fraction of sp³-hybridized carbons (Fsp3) is 0.571. The van der Waals surface area contributed by atoms with Crippen LogP contribution < -0.4 is 22.1 Å². The Labute approximate surface area is 169 Å². The zero-order valence-electron chi connectivity index (χ0n) is 17.0. The summed E-state index contributed by atoms with van der Waals surface area (Å²) in [5, 5.41) is 0.521. The maximum Gasteiger partial charge on any atom is 0.329 e. The Morgan fingerprint density at radius 3 is 2.41 bits per heavy atom. The van der Waals surface area contributed by atoms with Crippen molar-refractivity contribution < 1.29 is 4.79 Å². The van der Waals surface area contributed by atoms with E-state index < -0.39 is 0 Å². The summed E-state index contributed by atoms with van der Waals surface area (Å²) in [5.74, 6) is 0.598. The number of nitrogens with zero attached hydrogens (tertiary/aromatic N) is 2. The molecule has 3 heterocycles. The van der Waals surface area contributed by atoms with Crippen LogP contribution in [0.5, 0.6) is 0 Å². The standard InChI is InChI=1S/C21H29N5O3/c1-13-16(14(2)24-23-13)7-8-19(27)25-11-9-15(10-12-25)26-20(28)17-5-3-4-6-18(17)22-21(26)29/h3-6,13-16,23-24H,7-12H2,1-2H3,(H,22,29). The van der Waals surface area contributed by atoms with E-state index in [1.807, 2.05) is 4.90 Å². The van der Waals surface area contributed by atoms with Crippen LogP contribution in [0.3, 0.4) is 0 Å². The predicted octanol–water partition coefficient (Wildman–Crippen LogP) is 1.13. The number of H-pyrrole nitrogens is 1. The van der Waals surface area contributed by atoms with Gasteiger partial charge in [0.1, 0.15) is 0 Å². The van der Waals surface area contributed by atoms with Crippen molar-refractivity contribution >= 4 is 16.8 Å². The molecule has 2 aliphatic heterocycles. The van der Waals surface area contributed by atoms with Gasteiger partial charge in [0.15, 0.2) is 0 Å². The zero-order chi connectivity index (χ0) is 20.5. The molecule has 156 valence electrons. The van der Waals surface area contributed by atoms with Crippen LogP contribution in [-0.2, 0) is 4.79 Å². The number of piperidine rings is 1. The number of benzene rings is 1. The first-order valence-corrected chi connectivity index (χ1v) is 10.5. The van der Waals surface area contributed by atoms with Gasteiger partial charge in [-0.05, 0) is 51.2 Å². The van der Waals surface area contributed by atoms with Crippen molar-refractivity contribution in [3.05, 3.63) is 45.1 Å². The Bertz CT molecular complexity index is 995. The van der Waals surface area contributed by atoms with Gasteiger partial charge in [0, 0.05) is 37.6 Å². The molecule has 0 spiro atoms. The Balaban J connectivity index is 1.40. The first-order chi connectivity index (χ1) is 14.0. The number of hydrazine groups is 1. The van der Waals surface area contributed by atoms with E-state index in [1.165, 1.54) is 4.57 Å². The molecule has 2 unspecified atom stereocenters. The molecule has 0 aliphatic carbocycles. The first kappa shape index (κ1) is 19.8. The van der Waals surface area contributed by atoms with Crippen LogP contribution in [0.1, 0.15) is 45.6 Å². The molecule has 0 bridgehead atoms. The number of hydrogen-bond donors (Lipinski definition) is 3. The number of para-hydroxylation sites is 1. The second kappa shape index (κ2) is 8.12. The molecule has 8 heteroatoms. The Morgan fingerprint density at radius 2 is 1.72 bits per heavy atom. The topological polar surface area (TPSA) is 99.2 Å². The normalized spacial score (nSPS) is 25.6. The minimum atomic E-state index is -0.373. The third-order valence-electron chi connectivity index (χ3n) is 6.53. The molecule has 2 aliphatic rings. The number of amides is 1. The van der Waals surface area contributed by atoms with Crippen molar-refractivity contribution in [2.45, 2.75) is 57.7 Å². The predicted molar refractivity (Wildman–Crippen MR) is 112 cm³/mol. The number of carbonyl (C=O) groups is 1. The maximum absolute atomic E-state index is 12.8. The highest BCUT2D eigenvalue weighted by Crippen LogP contribution is 2.24. The fourth-order valence-electron chi connectivity index (χ4n) is 4.74. The third-order valence-corrected chi connectivity index (χ3v) is 6.53. The molecule has 0 saturated carbocycles. The number of likely N-dealkylation sites (tertiary alicyclic amines) is 1. The molecule has 3 N–H and O–H groups in total. The average molecular weight is 399 g/mol. The van der Waals surface area contributed by atoms with Crippen molar-refractivity contribution in [1.29, 1.82) is 0 Å². The summed E-state index contributed by atoms with van der Waals surface area (Å²) in [6, 6.07) is 7.60. The molecule has 8 nitrogen and oxygen atoms in total. The summed E-state index contributed by atoms with van der Waals surface area (Å²) in [5.41, 5.74) is 6.40. The number of hydrogen-bond acceptors (Lipinski definition) is 5. The van der Waals surface area contributed by atoms with Crippen LogP contribution in [-0.4, -0.2) is 45.5 Å². The second-order valence-corrected chi connectivity index (χ2v) is 8.33. The minimum Gasteiger partial charge on any atom is -0.343 e. The third kappa shape index (κ3) is 3.86. The fourth-order valence-corrected chi connectivity index (χ4v) is 4.74. The quantitative estimate of drug-likeness (QED) is 0.716. The van der Waals surface area contributed by atoms with Gasteiger partial charge >= 0.3 is 5.69 Å². The van der Waals surface area contributed by atoms with E-state index in [-0.39, 0.29) is 23.2 Å². The van der Waals surface area contributed by atoms with Gasteiger partial charge in [-0.1, -0.05) is 12.1 Å². The maximum atomic E-state index is 12.8. The Hall–Kier alpha value is -2.45.